The first-order chi connectivity index (χ1) is 9.69. The third kappa shape index (κ3) is 2.24. The Hall–Kier alpha value is -2.02. The summed E-state index contributed by atoms with van der Waals surface area (Å²) in [5, 5.41) is 9.95. The average molecular weight is 302 g/mol. The molecule has 0 aliphatic heterocycles. The van der Waals surface area contributed by atoms with Crippen molar-refractivity contribution in [2.24, 2.45) is 0 Å². The van der Waals surface area contributed by atoms with Crippen LogP contribution >= 0.6 is 23.2 Å². The highest BCUT2D eigenvalue weighted by Crippen LogP contribution is 2.25. The van der Waals surface area contributed by atoms with Crippen LogP contribution in [0.4, 0.5) is 0 Å². The van der Waals surface area contributed by atoms with Gasteiger partial charge in [-0.1, -0.05) is 35.3 Å². The fourth-order valence-electron chi connectivity index (χ4n) is 2.11. The molecule has 0 aliphatic rings. The van der Waals surface area contributed by atoms with E-state index in [1.54, 1.807) is 0 Å². The Morgan fingerprint density at radius 2 is 1.75 bits per heavy atom. The Morgan fingerprint density at radius 1 is 1.05 bits per heavy atom. The summed E-state index contributed by atoms with van der Waals surface area (Å²) in [5.41, 5.74) is 3.50. The molecule has 0 bridgehead atoms. The molecule has 3 rings (SSSR count). The van der Waals surface area contributed by atoms with Crippen molar-refractivity contribution in [3.63, 3.8) is 0 Å². The third-order valence-corrected chi connectivity index (χ3v) is 3.65. The lowest BCUT2D eigenvalue weighted by Gasteiger charge is -2.04. The molecule has 0 aliphatic carbocycles. The van der Waals surface area contributed by atoms with E-state index in [0.29, 0.717) is 15.9 Å². The van der Waals surface area contributed by atoms with Crippen LogP contribution in [0.2, 0.25) is 10.2 Å². The van der Waals surface area contributed by atoms with Gasteiger partial charge in [0.1, 0.15) is 5.65 Å². The van der Waals surface area contributed by atoms with Gasteiger partial charge >= 0.3 is 0 Å². The molecule has 1 aromatic carbocycles. The molecule has 20 heavy (non-hydrogen) atoms. The average Bonchev–Trinajstić information content (AvgIpc) is 2.76. The molecule has 0 fully saturated rings. The SMILES string of the molecule is N#CCc1c(Cl)nc2ccc(-c3ccc(Cl)cc3)cn12. The normalized spacial score (nSPS) is 10.7. The second-order valence-corrected chi connectivity index (χ2v) is 5.13. The van der Waals surface area contributed by atoms with Gasteiger partial charge in [-0.15, -0.1) is 0 Å². The number of nitriles is 1. The molecule has 0 unspecified atom stereocenters. The summed E-state index contributed by atoms with van der Waals surface area (Å²) in [6, 6.07) is 13.6. The van der Waals surface area contributed by atoms with E-state index < -0.39 is 0 Å². The molecular formula is C15H9Cl2N3. The van der Waals surface area contributed by atoms with E-state index >= 15 is 0 Å². The van der Waals surface area contributed by atoms with Gasteiger partial charge in [0.25, 0.3) is 0 Å². The van der Waals surface area contributed by atoms with Crippen LogP contribution in [-0.2, 0) is 6.42 Å². The fourth-order valence-corrected chi connectivity index (χ4v) is 2.48. The summed E-state index contributed by atoms with van der Waals surface area (Å²) in [4.78, 5) is 4.24. The van der Waals surface area contributed by atoms with E-state index in [2.05, 4.69) is 11.1 Å². The minimum absolute atomic E-state index is 0.226. The van der Waals surface area contributed by atoms with Crippen molar-refractivity contribution in [1.29, 1.82) is 5.26 Å². The molecule has 98 valence electrons. The molecule has 2 heterocycles. The second-order valence-electron chi connectivity index (χ2n) is 4.34. The molecule has 0 spiro atoms. The van der Waals surface area contributed by atoms with Gasteiger partial charge < -0.3 is 4.40 Å². The minimum Gasteiger partial charge on any atom is -0.301 e. The van der Waals surface area contributed by atoms with Gasteiger partial charge in [0.2, 0.25) is 0 Å². The van der Waals surface area contributed by atoms with Crippen molar-refractivity contribution in [2.45, 2.75) is 6.42 Å². The van der Waals surface area contributed by atoms with Crippen molar-refractivity contribution in [3.8, 4) is 17.2 Å². The number of aromatic nitrogens is 2. The van der Waals surface area contributed by atoms with E-state index in [4.69, 9.17) is 28.5 Å². The summed E-state index contributed by atoms with van der Waals surface area (Å²) in [6.45, 7) is 0. The van der Waals surface area contributed by atoms with Crippen LogP contribution in [-0.4, -0.2) is 9.38 Å². The van der Waals surface area contributed by atoms with Gasteiger partial charge in [-0.3, -0.25) is 0 Å². The lowest BCUT2D eigenvalue weighted by Crippen LogP contribution is -1.93. The van der Waals surface area contributed by atoms with Crippen molar-refractivity contribution in [2.75, 3.05) is 0 Å². The van der Waals surface area contributed by atoms with Crippen LogP contribution in [0.25, 0.3) is 16.8 Å². The van der Waals surface area contributed by atoms with Gasteiger partial charge in [-0.2, -0.15) is 5.26 Å². The van der Waals surface area contributed by atoms with Crippen LogP contribution in [0, 0.1) is 11.3 Å². The topological polar surface area (TPSA) is 41.1 Å². The number of hydrogen-bond donors (Lipinski definition) is 0. The molecule has 3 nitrogen and oxygen atoms in total. The maximum atomic E-state index is 8.87. The standard InChI is InChI=1S/C15H9Cl2N3/c16-12-4-1-10(2-5-12)11-3-6-14-19-15(17)13(7-8-18)20(14)9-11/h1-6,9H,7H2. The van der Waals surface area contributed by atoms with Gasteiger partial charge in [-0.05, 0) is 35.4 Å². The van der Waals surface area contributed by atoms with Gasteiger partial charge in [0.05, 0.1) is 18.2 Å². The summed E-state index contributed by atoms with van der Waals surface area (Å²) in [5.74, 6) is 0. The Morgan fingerprint density at radius 3 is 2.45 bits per heavy atom. The molecule has 0 N–H and O–H groups in total. The predicted molar refractivity (Wildman–Crippen MR) is 80.0 cm³/mol. The van der Waals surface area contributed by atoms with E-state index in [0.717, 1.165) is 16.8 Å². The number of nitrogens with zero attached hydrogens (tertiary/aromatic N) is 3. The van der Waals surface area contributed by atoms with Crippen LogP contribution < -0.4 is 0 Å². The van der Waals surface area contributed by atoms with Crippen molar-refractivity contribution in [3.05, 3.63) is 58.5 Å². The summed E-state index contributed by atoms with van der Waals surface area (Å²) in [6.07, 6.45) is 2.16. The molecule has 0 saturated carbocycles. The molecule has 3 aromatic rings. The zero-order chi connectivity index (χ0) is 14.1. The number of halogens is 2. The summed E-state index contributed by atoms with van der Waals surface area (Å²) >= 11 is 12.0. The van der Waals surface area contributed by atoms with Crippen LogP contribution in [0.15, 0.2) is 42.6 Å². The maximum absolute atomic E-state index is 8.87. The number of pyridine rings is 1. The lowest BCUT2D eigenvalue weighted by molar-refractivity contribution is 1.06. The molecule has 0 atom stereocenters. The van der Waals surface area contributed by atoms with E-state index in [9.17, 15) is 0 Å². The van der Waals surface area contributed by atoms with Crippen molar-refractivity contribution >= 4 is 28.8 Å². The van der Waals surface area contributed by atoms with Gasteiger partial charge in [-0.25, -0.2) is 4.98 Å². The number of hydrogen-bond acceptors (Lipinski definition) is 2. The number of fused-ring (bicyclic) bond motifs is 1. The highest BCUT2D eigenvalue weighted by Gasteiger charge is 2.10. The smallest absolute Gasteiger partial charge is 0.152 e. The molecule has 0 amide bonds. The summed E-state index contributed by atoms with van der Waals surface area (Å²) in [7, 11) is 0. The highest BCUT2D eigenvalue weighted by atomic mass is 35.5. The largest absolute Gasteiger partial charge is 0.301 e. The van der Waals surface area contributed by atoms with Crippen molar-refractivity contribution < 1.29 is 0 Å². The first kappa shape index (κ1) is 13.0. The fraction of sp³-hybridized carbons (Fsp3) is 0.0667. The Bertz CT molecular complexity index is 813. The lowest BCUT2D eigenvalue weighted by atomic mass is 10.1. The maximum Gasteiger partial charge on any atom is 0.152 e. The third-order valence-electron chi connectivity index (χ3n) is 3.09. The van der Waals surface area contributed by atoms with E-state index in [1.165, 1.54) is 0 Å². The zero-order valence-electron chi connectivity index (χ0n) is 10.3. The Labute approximate surface area is 126 Å². The Kier molecular flexibility index (Phi) is 3.35. The molecular weight excluding hydrogens is 293 g/mol. The first-order valence-electron chi connectivity index (χ1n) is 5.98. The number of rotatable bonds is 2. The van der Waals surface area contributed by atoms with Crippen molar-refractivity contribution in [1.82, 2.24) is 9.38 Å². The zero-order valence-corrected chi connectivity index (χ0v) is 11.9. The molecule has 0 saturated heterocycles. The van der Waals surface area contributed by atoms with Crippen LogP contribution in [0.1, 0.15) is 5.69 Å². The molecule has 2 aromatic heterocycles. The van der Waals surface area contributed by atoms with Crippen LogP contribution in [0.3, 0.4) is 0 Å². The Balaban J connectivity index is 2.16. The quantitative estimate of drug-likeness (QED) is 0.705. The molecule has 5 heteroatoms. The number of imidazole rings is 1. The van der Waals surface area contributed by atoms with E-state index in [-0.39, 0.29) is 6.42 Å². The predicted octanol–water partition coefficient (Wildman–Crippen LogP) is 4.37. The van der Waals surface area contributed by atoms with Crippen LogP contribution in [0.5, 0.6) is 0 Å². The highest BCUT2D eigenvalue weighted by molar-refractivity contribution is 6.30. The second kappa shape index (κ2) is 5.16. The van der Waals surface area contributed by atoms with Gasteiger partial charge in [0.15, 0.2) is 5.15 Å². The number of benzene rings is 1. The molecule has 0 radical (unpaired) electrons. The monoisotopic (exact) mass is 301 g/mol. The van der Waals surface area contributed by atoms with E-state index in [1.807, 2.05) is 47.0 Å². The minimum atomic E-state index is 0.226. The first-order valence-corrected chi connectivity index (χ1v) is 6.74. The summed E-state index contributed by atoms with van der Waals surface area (Å²) < 4.78 is 1.86. The van der Waals surface area contributed by atoms with Gasteiger partial charge in [0, 0.05) is 11.2 Å².